The standard InChI is InChI=1S/C14H12ClFINO/c1-19-14-5-2-10(15)6-9(14)8-18-13-4-3-11(16)7-12(13)17/h2-7,18H,8H2,1H3. The number of benzene rings is 2. The second-order valence-corrected chi connectivity index (χ2v) is 5.53. The minimum absolute atomic E-state index is 0.240. The maximum atomic E-state index is 13.0. The molecule has 0 heterocycles. The summed E-state index contributed by atoms with van der Waals surface area (Å²) >= 11 is 8.07. The van der Waals surface area contributed by atoms with Gasteiger partial charge in [-0.3, -0.25) is 0 Å². The summed E-state index contributed by atoms with van der Waals surface area (Å²) in [4.78, 5) is 0. The first kappa shape index (κ1) is 14.4. The average Bonchev–Trinajstić information content (AvgIpc) is 2.38. The van der Waals surface area contributed by atoms with Gasteiger partial charge in [0.1, 0.15) is 11.6 Å². The molecule has 0 unspecified atom stereocenters. The third-order valence-electron chi connectivity index (χ3n) is 2.64. The van der Waals surface area contributed by atoms with Crippen LogP contribution in [0.25, 0.3) is 0 Å². The van der Waals surface area contributed by atoms with Crippen LogP contribution in [-0.4, -0.2) is 7.11 Å². The van der Waals surface area contributed by atoms with E-state index in [1.165, 1.54) is 12.1 Å². The predicted octanol–water partition coefficient (Wildman–Crippen LogP) is 4.70. The fourth-order valence-corrected chi connectivity index (χ4v) is 2.57. The van der Waals surface area contributed by atoms with Crippen LogP contribution in [0.3, 0.4) is 0 Å². The molecule has 0 radical (unpaired) electrons. The van der Waals surface area contributed by atoms with Gasteiger partial charge in [0.25, 0.3) is 0 Å². The van der Waals surface area contributed by atoms with Crippen molar-refractivity contribution in [2.24, 2.45) is 0 Å². The zero-order valence-corrected chi connectivity index (χ0v) is 13.1. The normalized spacial score (nSPS) is 10.3. The smallest absolute Gasteiger partial charge is 0.124 e. The summed E-state index contributed by atoms with van der Waals surface area (Å²) in [5, 5.41) is 3.90. The van der Waals surface area contributed by atoms with Crippen LogP contribution in [0.5, 0.6) is 5.75 Å². The highest BCUT2D eigenvalue weighted by Crippen LogP contribution is 2.25. The molecule has 5 heteroatoms. The van der Waals surface area contributed by atoms with Crippen LogP contribution < -0.4 is 10.1 Å². The van der Waals surface area contributed by atoms with E-state index in [0.29, 0.717) is 11.6 Å². The van der Waals surface area contributed by atoms with Crippen molar-refractivity contribution in [3.05, 3.63) is 56.4 Å². The van der Waals surface area contributed by atoms with E-state index in [2.05, 4.69) is 27.9 Å². The van der Waals surface area contributed by atoms with Crippen LogP contribution in [0, 0.1) is 9.39 Å². The summed E-state index contributed by atoms with van der Waals surface area (Å²) in [6, 6.07) is 10.1. The van der Waals surface area contributed by atoms with E-state index in [1.54, 1.807) is 19.2 Å². The highest BCUT2D eigenvalue weighted by molar-refractivity contribution is 14.1. The maximum absolute atomic E-state index is 13.0. The Bertz CT molecular complexity index is 592. The van der Waals surface area contributed by atoms with Gasteiger partial charge in [-0.25, -0.2) is 4.39 Å². The molecular formula is C14H12ClFINO. The molecule has 0 bridgehead atoms. The molecule has 2 aromatic rings. The first-order valence-corrected chi connectivity index (χ1v) is 7.07. The van der Waals surface area contributed by atoms with Gasteiger partial charge in [-0.15, -0.1) is 0 Å². The number of anilines is 1. The maximum Gasteiger partial charge on any atom is 0.124 e. The van der Waals surface area contributed by atoms with E-state index in [9.17, 15) is 4.39 Å². The molecule has 2 aromatic carbocycles. The van der Waals surface area contributed by atoms with Crippen LogP contribution in [0.2, 0.25) is 5.02 Å². The fourth-order valence-electron chi connectivity index (χ4n) is 1.71. The Morgan fingerprint density at radius 1 is 1.26 bits per heavy atom. The molecule has 0 aliphatic carbocycles. The Morgan fingerprint density at radius 3 is 2.74 bits per heavy atom. The highest BCUT2D eigenvalue weighted by atomic mass is 127. The lowest BCUT2D eigenvalue weighted by Gasteiger charge is -2.12. The third kappa shape index (κ3) is 3.73. The van der Waals surface area contributed by atoms with Crippen molar-refractivity contribution in [3.63, 3.8) is 0 Å². The molecule has 2 nitrogen and oxygen atoms in total. The van der Waals surface area contributed by atoms with Crippen LogP contribution in [0.4, 0.5) is 10.1 Å². The van der Waals surface area contributed by atoms with Gasteiger partial charge in [0.05, 0.1) is 7.11 Å². The van der Waals surface area contributed by atoms with Gasteiger partial charge < -0.3 is 10.1 Å². The highest BCUT2D eigenvalue weighted by Gasteiger charge is 2.06. The predicted molar refractivity (Wildman–Crippen MR) is 84.4 cm³/mol. The monoisotopic (exact) mass is 391 g/mol. The molecule has 0 saturated carbocycles. The van der Waals surface area contributed by atoms with E-state index in [4.69, 9.17) is 16.3 Å². The first-order chi connectivity index (χ1) is 9.10. The van der Waals surface area contributed by atoms with E-state index in [0.717, 1.165) is 20.6 Å². The average molecular weight is 392 g/mol. The molecule has 100 valence electrons. The lowest BCUT2D eigenvalue weighted by molar-refractivity contribution is 0.410. The fraction of sp³-hybridized carbons (Fsp3) is 0.143. The van der Waals surface area contributed by atoms with Gasteiger partial charge in [0.15, 0.2) is 0 Å². The topological polar surface area (TPSA) is 21.3 Å². The molecule has 0 saturated heterocycles. The SMILES string of the molecule is COc1ccc(Cl)cc1CNc1ccc(F)cc1I. The molecule has 0 amide bonds. The quantitative estimate of drug-likeness (QED) is 0.763. The van der Waals surface area contributed by atoms with Gasteiger partial charge in [0, 0.05) is 26.4 Å². The molecular weight excluding hydrogens is 380 g/mol. The molecule has 19 heavy (non-hydrogen) atoms. The Balaban J connectivity index is 2.16. The van der Waals surface area contributed by atoms with Crippen molar-refractivity contribution in [3.8, 4) is 5.75 Å². The Morgan fingerprint density at radius 2 is 2.05 bits per heavy atom. The van der Waals surface area contributed by atoms with Crippen LogP contribution in [0.15, 0.2) is 36.4 Å². The summed E-state index contributed by atoms with van der Waals surface area (Å²) in [6.07, 6.45) is 0. The van der Waals surface area contributed by atoms with E-state index >= 15 is 0 Å². The zero-order chi connectivity index (χ0) is 13.8. The number of methoxy groups -OCH3 is 1. The largest absolute Gasteiger partial charge is 0.496 e. The van der Waals surface area contributed by atoms with Gasteiger partial charge in [0.2, 0.25) is 0 Å². The van der Waals surface area contributed by atoms with Gasteiger partial charge in [-0.2, -0.15) is 0 Å². The number of hydrogen-bond acceptors (Lipinski definition) is 2. The van der Waals surface area contributed by atoms with Gasteiger partial charge in [-0.1, -0.05) is 11.6 Å². The first-order valence-electron chi connectivity index (χ1n) is 5.61. The summed E-state index contributed by atoms with van der Waals surface area (Å²) in [7, 11) is 1.62. The third-order valence-corrected chi connectivity index (χ3v) is 3.77. The second-order valence-electron chi connectivity index (χ2n) is 3.93. The van der Waals surface area contributed by atoms with Crippen molar-refractivity contribution in [1.29, 1.82) is 0 Å². The van der Waals surface area contributed by atoms with Crippen molar-refractivity contribution < 1.29 is 9.13 Å². The summed E-state index contributed by atoms with van der Waals surface area (Å²) in [5.74, 6) is 0.532. The van der Waals surface area contributed by atoms with Crippen molar-refractivity contribution in [2.75, 3.05) is 12.4 Å². The lowest BCUT2D eigenvalue weighted by atomic mass is 10.2. The van der Waals surface area contributed by atoms with Gasteiger partial charge in [-0.05, 0) is 59.0 Å². The lowest BCUT2D eigenvalue weighted by Crippen LogP contribution is -2.03. The molecule has 0 aliphatic heterocycles. The number of halogens is 3. The Hall–Kier alpha value is -1.01. The summed E-state index contributed by atoms with van der Waals surface area (Å²) < 4.78 is 19.1. The number of hydrogen-bond donors (Lipinski definition) is 1. The summed E-state index contributed by atoms with van der Waals surface area (Å²) in [6.45, 7) is 0.561. The zero-order valence-electron chi connectivity index (χ0n) is 10.2. The van der Waals surface area contributed by atoms with Crippen molar-refractivity contribution in [2.45, 2.75) is 6.54 Å². The van der Waals surface area contributed by atoms with Crippen LogP contribution in [0.1, 0.15) is 5.56 Å². The van der Waals surface area contributed by atoms with Crippen molar-refractivity contribution >= 4 is 39.9 Å². The molecule has 0 spiro atoms. The molecule has 0 atom stereocenters. The molecule has 0 aromatic heterocycles. The van der Waals surface area contributed by atoms with Crippen LogP contribution in [-0.2, 0) is 6.54 Å². The second kappa shape index (κ2) is 6.43. The molecule has 1 N–H and O–H groups in total. The Kier molecular flexibility index (Phi) is 4.87. The number of rotatable bonds is 4. The molecule has 0 fully saturated rings. The van der Waals surface area contributed by atoms with E-state index in [-0.39, 0.29) is 5.82 Å². The molecule has 2 rings (SSSR count). The number of ether oxygens (including phenoxy) is 1. The Labute approximate surface area is 130 Å². The van der Waals surface area contributed by atoms with Crippen LogP contribution >= 0.6 is 34.2 Å². The number of nitrogens with one attached hydrogen (secondary N) is 1. The summed E-state index contributed by atoms with van der Waals surface area (Å²) in [5.41, 5.74) is 1.83. The van der Waals surface area contributed by atoms with Crippen molar-refractivity contribution in [1.82, 2.24) is 0 Å². The molecule has 0 aliphatic rings. The van der Waals surface area contributed by atoms with Gasteiger partial charge >= 0.3 is 0 Å². The minimum atomic E-state index is -0.240. The van der Waals surface area contributed by atoms with E-state index < -0.39 is 0 Å². The van der Waals surface area contributed by atoms with E-state index in [1.807, 2.05) is 12.1 Å². The minimum Gasteiger partial charge on any atom is -0.496 e.